The summed E-state index contributed by atoms with van der Waals surface area (Å²) < 4.78 is 0. The van der Waals surface area contributed by atoms with E-state index in [1.807, 2.05) is 12.1 Å². The smallest absolute Gasteiger partial charge is 0.270 e. The average Bonchev–Trinajstić information content (AvgIpc) is 3.04. The van der Waals surface area contributed by atoms with E-state index in [4.69, 9.17) is 0 Å². The summed E-state index contributed by atoms with van der Waals surface area (Å²) in [6.07, 6.45) is 8.96. The quantitative estimate of drug-likeness (QED) is 0.785. The molecule has 0 bridgehead atoms. The Morgan fingerprint density at radius 2 is 1.69 bits per heavy atom. The number of carbonyl (C=O) groups is 1. The van der Waals surface area contributed by atoms with Crippen molar-refractivity contribution in [3.8, 4) is 0 Å². The van der Waals surface area contributed by atoms with Crippen molar-refractivity contribution in [2.24, 2.45) is 0 Å². The SMILES string of the molecule is O=C(NC1CCCCCC1)c1cc(N2CCN(Cc3ccccc3)CC2)ccn1. The molecule has 2 aliphatic rings. The first-order valence-corrected chi connectivity index (χ1v) is 11.1. The third kappa shape index (κ3) is 5.57. The van der Waals surface area contributed by atoms with Crippen molar-refractivity contribution < 1.29 is 4.79 Å². The fraction of sp³-hybridized carbons (Fsp3) is 0.500. The van der Waals surface area contributed by atoms with Crippen LogP contribution < -0.4 is 10.2 Å². The van der Waals surface area contributed by atoms with E-state index in [2.05, 4.69) is 50.4 Å². The number of rotatable bonds is 5. The Morgan fingerprint density at radius 3 is 2.41 bits per heavy atom. The summed E-state index contributed by atoms with van der Waals surface area (Å²) in [6, 6.07) is 14.9. The fourth-order valence-electron chi connectivity index (χ4n) is 4.43. The predicted molar refractivity (Wildman–Crippen MR) is 117 cm³/mol. The zero-order chi connectivity index (χ0) is 19.9. The number of nitrogens with zero attached hydrogens (tertiary/aromatic N) is 3. The van der Waals surface area contributed by atoms with Crippen molar-refractivity contribution in [3.63, 3.8) is 0 Å². The molecule has 2 aromatic rings. The van der Waals surface area contributed by atoms with E-state index in [-0.39, 0.29) is 5.91 Å². The zero-order valence-electron chi connectivity index (χ0n) is 17.2. The highest BCUT2D eigenvalue weighted by Crippen LogP contribution is 2.20. The van der Waals surface area contributed by atoms with E-state index < -0.39 is 0 Å². The van der Waals surface area contributed by atoms with Crippen LogP contribution in [0.2, 0.25) is 0 Å². The van der Waals surface area contributed by atoms with Gasteiger partial charge in [-0.15, -0.1) is 0 Å². The summed E-state index contributed by atoms with van der Waals surface area (Å²) in [5.74, 6) is -0.0264. The number of nitrogens with one attached hydrogen (secondary N) is 1. The Kier molecular flexibility index (Phi) is 6.78. The first kappa shape index (κ1) is 19.9. The van der Waals surface area contributed by atoms with E-state index in [0.29, 0.717) is 11.7 Å². The minimum atomic E-state index is -0.0264. The van der Waals surface area contributed by atoms with Crippen LogP contribution in [-0.2, 0) is 6.54 Å². The Balaban J connectivity index is 1.32. The van der Waals surface area contributed by atoms with Crippen LogP contribution in [0.15, 0.2) is 48.7 Å². The largest absolute Gasteiger partial charge is 0.369 e. The molecule has 29 heavy (non-hydrogen) atoms. The van der Waals surface area contributed by atoms with E-state index in [9.17, 15) is 4.79 Å². The van der Waals surface area contributed by atoms with Crippen LogP contribution in [0, 0.1) is 0 Å². The molecular weight excluding hydrogens is 360 g/mol. The summed E-state index contributed by atoms with van der Waals surface area (Å²) >= 11 is 0. The Morgan fingerprint density at radius 1 is 0.966 bits per heavy atom. The van der Waals surface area contributed by atoms with Gasteiger partial charge in [0.2, 0.25) is 0 Å². The highest BCUT2D eigenvalue weighted by atomic mass is 16.1. The maximum atomic E-state index is 12.7. The number of hydrogen-bond acceptors (Lipinski definition) is 4. The van der Waals surface area contributed by atoms with Crippen LogP contribution in [0.5, 0.6) is 0 Å². The van der Waals surface area contributed by atoms with Crippen LogP contribution in [0.25, 0.3) is 0 Å². The number of amides is 1. The molecule has 1 aliphatic carbocycles. The summed E-state index contributed by atoms with van der Waals surface area (Å²) in [5, 5.41) is 3.21. The molecule has 0 unspecified atom stereocenters. The molecular formula is C24H32N4O. The molecule has 5 nitrogen and oxygen atoms in total. The van der Waals surface area contributed by atoms with Crippen LogP contribution >= 0.6 is 0 Å². The van der Waals surface area contributed by atoms with Crippen molar-refractivity contribution in [2.45, 2.75) is 51.1 Å². The molecule has 2 fully saturated rings. The second-order valence-electron chi connectivity index (χ2n) is 8.31. The number of hydrogen-bond donors (Lipinski definition) is 1. The molecule has 4 rings (SSSR count). The number of carbonyl (C=O) groups excluding carboxylic acids is 1. The normalized spacial score (nSPS) is 19.0. The molecule has 5 heteroatoms. The van der Waals surface area contributed by atoms with Crippen molar-refractivity contribution in [1.29, 1.82) is 0 Å². The molecule has 154 valence electrons. The lowest BCUT2D eigenvalue weighted by Gasteiger charge is -2.36. The molecule has 1 amide bonds. The van der Waals surface area contributed by atoms with Gasteiger partial charge in [-0.05, 0) is 30.5 Å². The van der Waals surface area contributed by atoms with Crippen molar-refractivity contribution in [1.82, 2.24) is 15.2 Å². The molecule has 2 heterocycles. The maximum Gasteiger partial charge on any atom is 0.270 e. The number of aromatic nitrogens is 1. The predicted octanol–water partition coefficient (Wildman–Crippen LogP) is 3.86. The molecule has 1 saturated carbocycles. The lowest BCUT2D eigenvalue weighted by atomic mass is 10.1. The van der Waals surface area contributed by atoms with Crippen molar-refractivity contribution in [3.05, 3.63) is 59.9 Å². The Bertz CT molecular complexity index is 778. The molecule has 1 aromatic heterocycles. The molecule has 1 N–H and O–H groups in total. The van der Waals surface area contributed by atoms with Crippen molar-refractivity contribution >= 4 is 11.6 Å². The van der Waals surface area contributed by atoms with Gasteiger partial charge in [0.1, 0.15) is 5.69 Å². The van der Waals surface area contributed by atoms with Gasteiger partial charge in [0.05, 0.1) is 0 Å². The first-order chi connectivity index (χ1) is 14.3. The van der Waals surface area contributed by atoms with E-state index in [1.54, 1.807) is 6.20 Å². The van der Waals surface area contributed by atoms with Crippen LogP contribution in [0.3, 0.4) is 0 Å². The summed E-state index contributed by atoms with van der Waals surface area (Å²) in [5.41, 5.74) is 3.01. The van der Waals surface area contributed by atoms with Gasteiger partial charge >= 0.3 is 0 Å². The van der Waals surface area contributed by atoms with Gasteiger partial charge in [-0.2, -0.15) is 0 Å². The summed E-state index contributed by atoms with van der Waals surface area (Å²) in [6.45, 7) is 5.00. The highest BCUT2D eigenvalue weighted by Gasteiger charge is 2.20. The number of benzene rings is 1. The standard InChI is InChI=1S/C24H32N4O/c29-24(26-21-10-6-1-2-7-11-21)23-18-22(12-13-25-23)28-16-14-27(15-17-28)19-20-8-4-3-5-9-20/h3-5,8-9,12-13,18,21H,1-2,6-7,10-11,14-17,19H2,(H,26,29). The minimum absolute atomic E-state index is 0.0264. The molecule has 1 aliphatic heterocycles. The minimum Gasteiger partial charge on any atom is -0.369 e. The highest BCUT2D eigenvalue weighted by molar-refractivity contribution is 5.93. The van der Waals surface area contributed by atoms with Crippen molar-refractivity contribution in [2.75, 3.05) is 31.1 Å². The second-order valence-corrected chi connectivity index (χ2v) is 8.31. The Labute approximate surface area is 174 Å². The van der Waals surface area contributed by atoms with Crippen LogP contribution in [0.4, 0.5) is 5.69 Å². The lowest BCUT2D eigenvalue weighted by molar-refractivity contribution is 0.0928. The number of piperazine rings is 1. The van der Waals surface area contributed by atoms with Crippen LogP contribution in [-0.4, -0.2) is 48.0 Å². The van der Waals surface area contributed by atoms with E-state index in [0.717, 1.165) is 51.3 Å². The molecule has 1 aromatic carbocycles. The van der Waals surface area contributed by atoms with Gasteiger partial charge in [0.15, 0.2) is 0 Å². The van der Waals surface area contributed by atoms with Gasteiger partial charge in [-0.3, -0.25) is 14.7 Å². The van der Waals surface area contributed by atoms with Gasteiger partial charge in [-0.1, -0.05) is 56.0 Å². The third-order valence-electron chi connectivity index (χ3n) is 6.15. The molecule has 0 radical (unpaired) electrons. The monoisotopic (exact) mass is 392 g/mol. The summed E-state index contributed by atoms with van der Waals surface area (Å²) in [7, 11) is 0. The van der Waals surface area contributed by atoms with Gasteiger partial charge in [0, 0.05) is 50.6 Å². The Hall–Kier alpha value is -2.40. The van der Waals surface area contributed by atoms with Gasteiger partial charge in [0.25, 0.3) is 5.91 Å². The molecule has 1 saturated heterocycles. The van der Waals surface area contributed by atoms with E-state index in [1.165, 1.54) is 31.2 Å². The number of pyridine rings is 1. The summed E-state index contributed by atoms with van der Waals surface area (Å²) in [4.78, 5) is 21.9. The van der Waals surface area contributed by atoms with Crippen LogP contribution in [0.1, 0.15) is 54.6 Å². The maximum absolute atomic E-state index is 12.7. The van der Waals surface area contributed by atoms with Gasteiger partial charge < -0.3 is 10.2 Å². The number of anilines is 1. The first-order valence-electron chi connectivity index (χ1n) is 11.1. The third-order valence-corrected chi connectivity index (χ3v) is 6.15. The molecule has 0 atom stereocenters. The fourth-order valence-corrected chi connectivity index (χ4v) is 4.43. The molecule has 0 spiro atoms. The second kappa shape index (κ2) is 9.88. The topological polar surface area (TPSA) is 48.5 Å². The average molecular weight is 393 g/mol. The zero-order valence-corrected chi connectivity index (χ0v) is 17.2. The lowest BCUT2D eigenvalue weighted by Crippen LogP contribution is -2.46. The van der Waals surface area contributed by atoms with Gasteiger partial charge in [-0.25, -0.2) is 0 Å². The van der Waals surface area contributed by atoms with E-state index >= 15 is 0 Å².